The number of fused-ring (bicyclic) bond motifs is 1. The Balaban J connectivity index is 1.29. The summed E-state index contributed by atoms with van der Waals surface area (Å²) in [6.07, 6.45) is 15.8. The first-order valence-corrected chi connectivity index (χ1v) is 9.22. The van der Waals surface area contributed by atoms with Crippen LogP contribution in [-0.4, -0.2) is 28.9 Å². The summed E-state index contributed by atoms with van der Waals surface area (Å²) in [5.74, 6) is 1.01. The van der Waals surface area contributed by atoms with E-state index in [0.29, 0.717) is 0 Å². The highest BCUT2D eigenvalue weighted by molar-refractivity contribution is 7.13. The van der Waals surface area contributed by atoms with Crippen LogP contribution in [0.5, 0.6) is 0 Å². The molecule has 0 bridgehead atoms. The number of anilines is 1. The van der Waals surface area contributed by atoms with E-state index in [0.717, 1.165) is 38.3 Å². The fourth-order valence-corrected chi connectivity index (χ4v) is 3.86. The van der Waals surface area contributed by atoms with Gasteiger partial charge in [0.1, 0.15) is 5.82 Å². The van der Waals surface area contributed by atoms with Crippen LogP contribution in [0, 0.1) is 0 Å². The van der Waals surface area contributed by atoms with E-state index in [1.807, 2.05) is 0 Å². The molecule has 24 heavy (non-hydrogen) atoms. The van der Waals surface area contributed by atoms with Gasteiger partial charge in [-0.05, 0) is 59.9 Å². The van der Waals surface area contributed by atoms with Crippen molar-refractivity contribution in [2.75, 3.05) is 25.0 Å². The minimum Gasteiger partial charge on any atom is -0.372 e. The first-order chi connectivity index (χ1) is 11.9. The van der Waals surface area contributed by atoms with Crippen LogP contribution < -0.4 is 5.32 Å². The van der Waals surface area contributed by atoms with E-state index in [1.165, 1.54) is 21.2 Å². The second-order valence-corrected chi connectivity index (χ2v) is 6.87. The van der Waals surface area contributed by atoms with Gasteiger partial charge in [-0.25, -0.2) is 0 Å². The van der Waals surface area contributed by atoms with Gasteiger partial charge in [-0.1, -0.05) is 36.4 Å². The molecule has 122 valence electrons. The van der Waals surface area contributed by atoms with Crippen molar-refractivity contribution in [2.45, 2.75) is 12.8 Å². The van der Waals surface area contributed by atoms with E-state index >= 15 is 0 Å². The highest BCUT2D eigenvalue weighted by atomic mass is 32.1. The lowest BCUT2D eigenvalue weighted by molar-refractivity contribution is 0.426. The van der Waals surface area contributed by atoms with Gasteiger partial charge in [-0.3, -0.25) is 0 Å². The minimum atomic E-state index is 0.896. The van der Waals surface area contributed by atoms with Crippen LogP contribution in [0.1, 0.15) is 12.8 Å². The highest BCUT2D eigenvalue weighted by Gasteiger charge is 2.09. The molecule has 1 aliphatic heterocycles. The van der Waals surface area contributed by atoms with Gasteiger partial charge >= 0.3 is 0 Å². The molecular formula is C20H21N3S. The van der Waals surface area contributed by atoms with E-state index in [9.17, 15) is 0 Å². The summed E-state index contributed by atoms with van der Waals surface area (Å²) < 4.78 is 5.76. The maximum Gasteiger partial charge on any atom is 0.147 e. The molecular weight excluding hydrogens is 314 g/mol. The lowest BCUT2D eigenvalue weighted by atomic mass is 9.96. The van der Waals surface area contributed by atoms with Crippen LogP contribution in [0.3, 0.4) is 0 Å². The Labute approximate surface area is 146 Å². The second-order valence-electron chi connectivity index (χ2n) is 6.06. The predicted octanol–water partition coefficient (Wildman–Crippen LogP) is 4.74. The Hall–Kier alpha value is -2.33. The third-order valence-electron chi connectivity index (χ3n) is 4.46. The fourth-order valence-electron chi connectivity index (χ4n) is 3.10. The number of nitrogens with zero attached hydrogens (tertiary/aromatic N) is 2. The smallest absolute Gasteiger partial charge is 0.147 e. The molecule has 1 N–H and O–H groups in total. The van der Waals surface area contributed by atoms with Gasteiger partial charge in [-0.15, -0.1) is 0 Å². The Bertz CT molecular complexity index is 841. The molecule has 0 radical (unpaired) electrons. The molecule has 3 nitrogen and oxygen atoms in total. The third-order valence-corrected chi connectivity index (χ3v) is 5.28. The Morgan fingerprint density at radius 3 is 2.96 bits per heavy atom. The predicted molar refractivity (Wildman–Crippen MR) is 103 cm³/mol. The zero-order valence-electron chi connectivity index (χ0n) is 13.6. The van der Waals surface area contributed by atoms with E-state index < -0.39 is 0 Å². The van der Waals surface area contributed by atoms with E-state index in [4.69, 9.17) is 0 Å². The maximum absolute atomic E-state index is 4.52. The van der Waals surface area contributed by atoms with Crippen molar-refractivity contribution in [3.8, 4) is 0 Å². The lowest BCUT2D eigenvalue weighted by Crippen LogP contribution is -2.26. The third kappa shape index (κ3) is 3.29. The number of allylic oxidation sites excluding steroid dienone is 6. The van der Waals surface area contributed by atoms with Gasteiger partial charge in [0.05, 0.1) is 4.70 Å². The molecule has 0 fully saturated rings. The molecule has 0 saturated carbocycles. The van der Waals surface area contributed by atoms with Gasteiger partial charge < -0.3 is 10.2 Å². The van der Waals surface area contributed by atoms with Crippen molar-refractivity contribution >= 4 is 27.4 Å². The summed E-state index contributed by atoms with van der Waals surface area (Å²) in [5.41, 5.74) is 2.84. The summed E-state index contributed by atoms with van der Waals surface area (Å²) in [6.45, 7) is 2.85. The summed E-state index contributed by atoms with van der Waals surface area (Å²) in [6, 6.07) is 8.37. The Kier molecular flexibility index (Phi) is 4.47. The molecule has 1 aromatic carbocycles. The molecule has 0 amide bonds. The molecule has 2 heterocycles. The molecule has 1 aromatic heterocycles. The SMILES string of the molecule is C1=CCC(C2=CCN(CCNc3nsc4ccccc34)C=C2)=CC1. The van der Waals surface area contributed by atoms with Crippen molar-refractivity contribution in [1.82, 2.24) is 9.27 Å². The Morgan fingerprint density at radius 2 is 2.12 bits per heavy atom. The van der Waals surface area contributed by atoms with Gasteiger partial charge in [0.2, 0.25) is 0 Å². The average molecular weight is 335 g/mol. The number of nitrogens with one attached hydrogen (secondary N) is 1. The monoisotopic (exact) mass is 335 g/mol. The quantitative estimate of drug-likeness (QED) is 0.800. The van der Waals surface area contributed by atoms with Crippen LogP contribution in [0.2, 0.25) is 0 Å². The number of benzene rings is 1. The van der Waals surface area contributed by atoms with Crippen molar-refractivity contribution < 1.29 is 0 Å². The summed E-state index contributed by atoms with van der Waals surface area (Å²) in [4.78, 5) is 2.34. The molecule has 0 atom stereocenters. The average Bonchev–Trinajstić information content (AvgIpc) is 3.06. The van der Waals surface area contributed by atoms with Crippen LogP contribution in [0.15, 0.2) is 72.0 Å². The van der Waals surface area contributed by atoms with Crippen LogP contribution in [0.25, 0.3) is 10.1 Å². The molecule has 0 unspecified atom stereocenters. The van der Waals surface area contributed by atoms with Crippen LogP contribution in [0.4, 0.5) is 5.82 Å². The van der Waals surface area contributed by atoms with E-state index in [2.05, 4.69) is 75.4 Å². The molecule has 2 aromatic rings. The fraction of sp³-hybridized carbons (Fsp3) is 0.250. The number of hydrogen-bond donors (Lipinski definition) is 1. The van der Waals surface area contributed by atoms with E-state index in [-0.39, 0.29) is 0 Å². The Morgan fingerprint density at radius 1 is 1.17 bits per heavy atom. The lowest BCUT2D eigenvalue weighted by Gasteiger charge is -2.24. The van der Waals surface area contributed by atoms with Crippen LogP contribution in [-0.2, 0) is 0 Å². The maximum atomic E-state index is 4.52. The second kappa shape index (κ2) is 7.05. The summed E-state index contributed by atoms with van der Waals surface area (Å²) in [5, 5.41) is 4.69. The van der Waals surface area contributed by atoms with Gasteiger partial charge in [0, 0.05) is 25.0 Å². The zero-order chi connectivity index (χ0) is 16.2. The molecule has 4 heteroatoms. The van der Waals surface area contributed by atoms with Gasteiger partial charge in [0.15, 0.2) is 0 Å². The molecule has 2 aliphatic rings. The first-order valence-electron chi connectivity index (χ1n) is 8.45. The molecule has 4 rings (SSSR count). The standard InChI is InChI=1S/C20H21N3S/c1-2-6-16(7-3-1)17-10-13-23(14-11-17)15-12-21-20-18-8-4-5-9-19(18)24-22-20/h1-2,4-5,7-11,13H,3,6,12,14-15H2,(H,21,22). The van der Waals surface area contributed by atoms with Crippen molar-refractivity contribution in [1.29, 1.82) is 0 Å². The van der Waals surface area contributed by atoms with Gasteiger partial charge in [0.25, 0.3) is 0 Å². The molecule has 0 spiro atoms. The zero-order valence-corrected chi connectivity index (χ0v) is 14.4. The number of hydrogen-bond acceptors (Lipinski definition) is 4. The summed E-state index contributed by atoms with van der Waals surface area (Å²) >= 11 is 1.55. The van der Waals surface area contributed by atoms with Crippen LogP contribution >= 0.6 is 11.5 Å². The normalized spacial score (nSPS) is 17.1. The topological polar surface area (TPSA) is 28.2 Å². The number of aromatic nitrogens is 1. The van der Waals surface area contributed by atoms with E-state index in [1.54, 1.807) is 11.5 Å². The first kappa shape index (κ1) is 15.2. The summed E-state index contributed by atoms with van der Waals surface area (Å²) in [7, 11) is 0. The van der Waals surface area contributed by atoms with Crippen molar-refractivity contribution in [3.05, 3.63) is 72.0 Å². The molecule has 1 aliphatic carbocycles. The number of rotatable bonds is 5. The highest BCUT2D eigenvalue weighted by Crippen LogP contribution is 2.26. The van der Waals surface area contributed by atoms with Crippen molar-refractivity contribution in [2.24, 2.45) is 0 Å². The van der Waals surface area contributed by atoms with Gasteiger partial charge in [-0.2, -0.15) is 4.37 Å². The largest absolute Gasteiger partial charge is 0.372 e. The van der Waals surface area contributed by atoms with Crippen molar-refractivity contribution in [3.63, 3.8) is 0 Å². The minimum absolute atomic E-state index is 0.896. The molecule has 0 saturated heterocycles.